The van der Waals surface area contributed by atoms with Crippen LogP contribution in [-0.2, 0) is 4.74 Å². The van der Waals surface area contributed by atoms with Gasteiger partial charge in [0.25, 0.3) is 5.91 Å². The number of piperazine rings is 1. The van der Waals surface area contributed by atoms with Crippen LogP contribution in [0.5, 0.6) is 0 Å². The number of carbonyl (C=O) groups is 2. The van der Waals surface area contributed by atoms with Crippen molar-refractivity contribution < 1.29 is 19.4 Å². The van der Waals surface area contributed by atoms with Gasteiger partial charge in [0, 0.05) is 37.3 Å². The molecule has 1 aliphatic rings. The van der Waals surface area contributed by atoms with E-state index in [1.807, 2.05) is 0 Å². The zero-order chi connectivity index (χ0) is 18.4. The molecule has 2 amide bonds. The molecule has 1 heterocycles. The Morgan fingerprint density at radius 3 is 2.20 bits per heavy atom. The zero-order valence-electron chi connectivity index (χ0n) is 14.9. The zero-order valence-corrected chi connectivity index (χ0v) is 14.9. The molecule has 1 N–H and O–H groups in total. The maximum Gasteiger partial charge on any atom is 0.409 e. The van der Waals surface area contributed by atoms with Gasteiger partial charge in [-0.2, -0.15) is 0 Å². The number of nitrogens with zero attached hydrogens (tertiary/aromatic N) is 2. The summed E-state index contributed by atoms with van der Waals surface area (Å²) in [4.78, 5) is 27.6. The van der Waals surface area contributed by atoms with E-state index in [1.54, 1.807) is 54.8 Å². The first kappa shape index (κ1) is 18.8. The fraction of sp³-hybridized carbons (Fsp3) is 0.474. The van der Waals surface area contributed by atoms with Gasteiger partial charge in [-0.25, -0.2) is 4.79 Å². The summed E-state index contributed by atoms with van der Waals surface area (Å²) in [5, 5.41) is 9.61. The molecule has 1 aromatic carbocycles. The Morgan fingerprint density at radius 2 is 1.68 bits per heavy atom. The van der Waals surface area contributed by atoms with Gasteiger partial charge in [-0.1, -0.05) is 11.8 Å². The molecule has 0 atom stereocenters. The van der Waals surface area contributed by atoms with Gasteiger partial charge in [0.15, 0.2) is 0 Å². The highest BCUT2D eigenvalue weighted by molar-refractivity contribution is 5.94. The minimum Gasteiger partial charge on any atom is -0.450 e. The maximum atomic E-state index is 12.5. The highest BCUT2D eigenvalue weighted by Gasteiger charge is 2.25. The number of rotatable bonds is 2. The van der Waals surface area contributed by atoms with E-state index in [9.17, 15) is 14.7 Å². The van der Waals surface area contributed by atoms with Crippen LogP contribution in [-0.4, -0.2) is 65.3 Å². The van der Waals surface area contributed by atoms with Crippen molar-refractivity contribution in [2.45, 2.75) is 26.4 Å². The SMILES string of the molecule is CCOC(=O)N1CCN(C(=O)c2ccc(C#CC(C)(C)O)cc2)CC1. The highest BCUT2D eigenvalue weighted by atomic mass is 16.6. The average molecular weight is 344 g/mol. The second-order valence-electron chi connectivity index (χ2n) is 6.36. The molecule has 0 aromatic heterocycles. The summed E-state index contributed by atoms with van der Waals surface area (Å²) in [6.07, 6.45) is -0.329. The largest absolute Gasteiger partial charge is 0.450 e. The summed E-state index contributed by atoms with van der Waals surface area (Å²) in [6, 6.07) is 6.99. The Kier molecular flexibility index (Phi) is 6.05. The lowest BCUT2D eigenvalue weighted by atomic mass is 10.1. The van der Waals surface area contributed by atoms with Crippen LogP contribution in [0.25, 0.3) is 0 Å². The third-order valence-corrected chi connectivity index (χ3v) is 3.74. The average Bonchev–Trinajstić information content (AvgIpc) is 2.59. The summed E-state index contributed by atoms with van der Waals surface area (Å²) in [5.41, 5.74) is 0.275. The van der Waals surface area contributed by atoms with Gasteiger partial charge >= 0.3 is 6.09 Å². The molecule has 6 heteroatoms. The Bertz CT molecular complexity index is 672. The molecule has 0 spiro atoms. The van der Waals surface area contributed by atoms with Crippen molar-refractivity contribution >= 4 is 12.0 Å². The van der Waals surface area contributed by atoms with Crippen molar-refractivity contribution in [3.8, 4) is 11.8 Å². The first-order valence-corrected chi connectivity index (χ1v) is 8.37. The smallest absolute Gasteiger partial charge is 0.409 e. The van der Waals surface area contributed by atoms with E-state index < -0.39 is 5.60 Å². The lowest BCUT2D eigenvalue weighted by Crippen LogP contribution is -2.50. The summed E-state index contributed by atoms with van der Waals surface area (Å²) < 4.78 is 4.97. The molecule has 134 valence electrons. The maximum absolute atomic E-state index is 12.5. The van der Waals surface area contributed by atoms with Crippen molar-refractivity contribution in [1.82, 2.24) is 9.80 Å². The predicted octanol–water partition coefficient (Wildman–Crippen LogP) is 1.72. The van der Waals surface area contributed by atoms with Crippen molar-refractivity contribution in [2.24, 2.45) is 0 Å². The number of benzene rings is 1. The molecule has 0 radical (unpaired) electrons. The molecule has 0 bridgehead atoms. The van der Waals surface area contributed by atoms with Crippen LogP contribution >= 0.6 is 0 Å². The number of ether oxygens (including phenoxy) is 1. The molecule has 25 heavy (non-hydrogen) atoms. The number of aliphatic hydroxyl groups is 1. The van der Waals surface area contributed by atoms with Crippen molar-refractivity contribution in [1.29, 1.82) is 0 Å². The van der Waals surface area contributed by atoms with Crippen molar-refractivity contribution in [2.75, 3.05) is 32.8 Å². The first-order chi connectivity index (χ1) is 11.8. The molecule has 1 fully saturated rings. The van der Waals surface area contributed by atoms with Crippen LogP contribution in [0.3, 0.4) is 0 Å². The summed E-state index contributed by atoms with van der Waals surface area (Å²) >= 11 is 0. The van der Waals surface area contributed by atoms with E-state index in [1.165, 1.54) is 0 Å². The minimum absolute atomic E-state index is 0.0643. The summed E-state index contributed by atoms with van der Waals surface area (Å²) in [7, 11) is 0. The molecule has 1 aromatic rings. The van der Waals surface area contributed by atoms with Crippen LogP contribution in [0, 0.1) is 11.8 Å². The molecule has 1 aliphatic heterocycles. The second-order valence-corrected chi connectivity index (χ2v) is 6.36. The Hall–Kier alpha value is -2.52. The molecule has 6 nitrogen and oxygen atoms in total. The van der Waals surface area contributed by atoms with E-state index in [2.05, 4.69) is 11.8 Å². The van der Waals surface area contributed by atoms with Gasteiger partial charge < -0.3 is 19.6 Å². The predicted molar refractivity (Wildman–Crippen MR) is 94.1 cm³/mol. The van der Waals surface area contributed by atoms with E-state index in [0.717, 1.165) is 5.56 Å². The normalized spacial score (nSPS) is 14.6. The lowest BCUT2D eigenvalue weighted by molar-refractivity contribution is 0.0570. The van der Waals surface area contributed by atoms with Crippen molar-refractivity contribution in [3.05, 3.63) is 35.4 Å². The first-order valence-electron chi connectivity index (χ1n) is 8.37. The molecular weight excluding hydrogens is 320 g/mol. The fourth-order valence-corrected chi connectivity index (χ4v) is 2.41. The van der Waals surface area contributed by atoms with Crippen molar-refractivity contribution in [3.63, 3.8) is 0 Å². The second kappa shape index (κ2) is 8.04. The van der Waals surface area contributed by atoms with Crippen LogP contribution in [0.1, 0.15) is 36.7 Å². The Labute approximate surface area is 148 Å². The van der Waals surface area contributed by atoms with E-state index in [0.29, 0.717) is 38.3 Å². The van der Waals surface area contributed by atoms with Crippen LogP contribution in [0.2, 0.25) is 0 Å². The van der Waals surface area contributed by atoms with Gasteiger partial charge in [0.2, 0.25) is 0 Å². The minimum atomic E-state index is -1.05. The monoisotopic (exact) mass is 344 g/mol. The summed E-state index contributed by atoms with van der Waals surface area (Å²) in [6.45, 7) is 7.27. The van der Waals surface area contributed by atoms with E-state index in [-0.39, 0.29) is 12.0 Å². The van der Waals surface area contributed by atoms with Gasteiger partial charge in [-0.3, -0.25) is 4.79 Å². The quantitative estimate of drug-likeness (QED) is 0.830. The topological polar surface area (TPSA) is 70.1 Å². The fourth-order valence-electron chi connectivity index (χ4n) is 2.41. The standard InChI is InChI=1S/C19H24N2O4/c1-4-25-18(23)21-13-11-20(12-14-21)17(22)16-7-5-15(6-8-16)9-10-19(2,3)24/h5-8,24H,4,11-14H2,1-3H3. The molecule has 1 saturated heterocycles. The molecule has 0 unspecified atom stereocenters. The summed E-state index contributed by atoms with van der Waals surface area (Å²) in [5.74, 6) is 5.55. The van der Waals surface area contributed by atoms with E-state index >= 15 is 0 Å². The van der Waals surface area contributed by atoms with Gasteiger partial charge in [0.1, 0.15) is 5.60 Å². The third kappa shape index (κ3) is 5.50. The molecular formula is C19H24N2O4. The third-order valence-electron chi connectivity index (χ3n) is 3.74. The number of amides is 2. The number of hydrogen-bond acceptors (Lipinski definition) is 4. The lowest BCUT2D eigenvalue weighted by Gasteiger charge is -2.34. The van der Waals surface area contributed by atoms with E-state index in [4.69, 9.17) is 4.74 Å². The Balaban J connectivity index is 1.95. The number of hydrogen-bond donors (Lipinski definition) is 1. The molecule has 2 rings (SSSR count). The van der Waals surface area contributed by atoms with Crippen LogP contribution in [0.15, 0.2) is 24.3 Å². The van der Waals surface area contributed by atoms with Gasteiger partial charge in [-0.15, -0.1) is 0 Å². The van der Waals surface area contributed by atoms with Crippen LogP contribution in [0.4, 0.5) is 4.79 Å². The Morgan fingerprint density at radius 1 is 1.12 bits per heavy atom. The molecule has 0 saturated carbocycles. The van der Waals surface area contributed by atoms with Gasteiger partial charge in [0.05, 0.1) is 6.61 Å². The molecule has 0 aliphatic carbocycles. The number of carbonyl (C=O) groups excluding carboxylic acids is 2. The van der Waals surface area contributed by atoms with Gasteiger partial charge in [-0.05, 0) is 45.0 Å². The van der Waals surface area contributed by atoms with Crippen LogP contribution < -0.4 is 0 Å². The highest BCUT2D eigenvalue weighted by Crippen LogP contribution is 2.11.